The summed E-state index contributed by atoms with van der Waals surface area (Å²) >= 11 is 0. The lowest BCUT2D eigenvalue weighted by Gasteiger charge is -2.07. The number of nitro benzene ring substituents is 1. The van der Waals surface area contributed by atoms with Crippen molar-refractivity contribution in [3.63, 3.8) is 0 Å². The molecule has 28 heavy (non-hydrogen) atoms. The molecule has 0 aliphatic rings. The van der Waals surface area contributed by atoms with Crippen molar-refractivity contribution in [2.45, 2.75) is 6.92 Å². The Morgan fingerprint density at radius 1 is 1.21 bits per heavy atom. The molecule has 9 heteroatoms. The SMILES string of the molecule is Cc1c(C(=O)NCC(=O)N/N=C\c2c[nH]c3ccccc23)cccc1[N+](=O)[O-]. The van der Waals surface area contributed by atoms with Crippen LogP contribution >= 0.6 is 0 Å². The maximum Gasteiger partial charge on any atom is 0.273 e. The number of carbonyl (C=O) groups excluding carboxylic acids is 2. The molecular formula is C19H17N5O4. The number of H-pyrrole nitrogens is 1. The number of nitrogens with zero attached hydrogens (tertiary/aromatic N) is 2. The third-order valence-corrected chi connectivity index (χ3v) is 4.17. The first-order valence-electron chi connectivity index (χ1n) is 8.37. The van der Waals surface area contributed by atoms with Crippen LogP contribution in [0.15, 0.2) is 53.8 Å². The summed E-state index contributed by atoms with van der Waals surface area (Å²) in [6.07, 6.45) is 3.27. The van der Waals surface area contributed by atoms with Gasteiger partial charge < -0.3 is 10.3 Å². The number of aromatic amines is 1. The van der Waals surface area contributed by atoms with Gasteiger partial charge in [-0.3, -0.25) is 19.7 Å². The fourth-order valence-electron chi connectivity index (χ4n) is 2.74. The summed E-state index contributed by atoms with van der Waals surface area (Å²) in [7, 11) is 0. The molecule has 2 aromatic carbocycles. The molecule has 0 unspecified atom stereocenters. The topological polar surface area (TPSA) is 129 Å². The van der Waals surface area contributed by atoms with E-state index in [9.17, 15) is 19.7 Å². The monoisotopic (exact) mass is 379 g/mol. The molecule has 3 aromatic rings. The number of rotatable bonds is 6. The van der Waals surface area contributed by atoms with Crippen LogP contribution in [0.25, 0.3) is 10.9 Å². The number of benzene rings is 2. The van der Waals surface area contributed by atoms with Crippen LogP contribution in [-0.4, -0.2) is 34.5 Å². The molecule has 0 spiro atoms. The maximum atomic E-state index is 12.2. The van der Waals surface area contributed by atoms with Gasteiger partial charge in [-0.1, -0.05) is 24.3 Å². The van der Waals surface area contributed by atoms with E-state index >= 15 is 0 Å². The quantitative estimate of drug-likeness (QED) is 0.344. The zero-order chi connectivity index (χ0) is 20.1. The van der Waals surface area contributed by atoms with Gasteiger partial charge >= 0.3 is 0 Å². The molecule has 0 atom stereocenters. The molecule has 0 radical (unpaired) electrons. The second kappa shape index (κ2) is 8.12. The van der Waals surface area contributed by atoms with Crippen LogP contribution in [0.1, 0.15) is 21.5 Å². The van der Waals surface area contributed by atoms with Crippen LogP contribution in [0.2, 0.25) is 0 Å². The van der Waals surface area contributed by atoms with Gasteiger partial charge in [-0.2, -0.15) is 5.10 Å². The molecular weight excluding hydrogens is 362 g/mol. The lowest BCUT2D eigenvalue weighted by Crippen LogP contribution is -2.35. The van der Waals surface area contributed by atoms with Crippen LogP contribution in [-0.2, 0) is 4.79 Å². The second-order valence-electron chi connectivity index (χ2n) is 5.97. The largest absolute Gasteiger partial charge is 0.361 e. The number of hydrazone groups is 1. The van der Waals surface area contributed by atoms with E-state index in [0.717, 1.165) is 16.5 Å². The zero-order valence-electron chi connectivity index (χ0n) is 14.9. The first-order chi connectivity index (χ1) is 13.5. The number of nitrogens with one attached hydrogen (secondary N) is 3. The van der Waals surface area contributed by atoms with E-state index in [4.69, 9.17) is 0 Å². The van der Waals surface area contributed by atoms with Gasteiger partial charge in [0.2, 0.25) is 0 Å². The highest BCUT2D eigenvalue weighted by Crippen LogP contribution is 2.20. The van der Waals surface area contributed by atoms with Crippen LogP contribution in [0.5, 0.6) is 0 Å². The van der Waals surface area contributed by atoms with E-state index in [-0.39, 0.29) is 23.4 Å². The van der Waals surface area contributed by atoms with Gasteiger partial charge in [-0.15, -0.1) is 0 Å². The van der Waals surface area contributed by atoms with Gasteiger partial charge in [-0.05, 0) is 19.1 Å². The molecule has 1 aromatic heterocycles. The van der Waals surface area contributed by atoms with Crippen molar-refractivity contribution >= 4 is 34.6 Å². The number of nitro groups is 1. The highest BCUT2D eigenvalue weighted by Gasteiger charge is 2.18. The first-order valence-corrected chi connectivity index (χ1v) is 8.37. The standard InChI is InChI=1S/C19H17N5O4/c1-12-14(6-4-8-17(12)24(27)28)19(26)21-11-18(25)23-22-10-13-9-20-16-7-3-2-5-15(13)16/h2-10,20H,11H2,1H3,(H,21,26)(H,23,25)/b22-10-. The van der Waals surface area contributed by atoms with Crippen molar-refractivity contribution in [2.24, 2.45) is 5.10 Å². The number of para-hydroxylation sites is 1. The molecule has 0 saturated heterocycles. The van der Waals surface area contributed by atoms with E-state index in [0.29, 0.717) is 0 Å². The molecule has 142 valence electrons. The number of aromatic nitrogens is 1. The Labute approximate surface area is 159 Å². The highest BCUT2D eigenvalue weighted by molar-refractivity contribution is 6.00. The van der Waals surface area contributed by atoms with Crippen LogP contribution in [0.3, 0.4) is 0 Å². The molecule has 0 bridgehead atoms. The number of carbonyl (C=O) groups is 2. The lowest BCUT2D eigenvalue weighted by atomic mass is 10.1. The first kappa shape index (κ1) is 18.8. The van der Waals surface area contributed by atoms with Gasteiger partial charge in [0.15, 0.2) is 0 Å². The molecule has 0 aliphatic heterocycles. The highest BCUT2D eigenvalue weighted by atomic mass is 16.6. The molecule has 2 amide bonds. The summed E-state index contributed by atoms with van der Waals surface area (Å²) in [5.41, 5.74) is 4.33. The summed E-state index contributed by atoms with van der Waals surface area (Å²) in [6.45, 7) is 1.17. The Morgan fingerprint density at radius 3 is 2.79 bits per heavy atom. The van der Waals surface area contributed by atoms with E-state index in [1.54, 1.807) is 6.20 Å². The average molecular weight is 379 g/mol. The summed E-state index contributed by atoms with van der Waals surface area (Å²) in [5, 5.41) is 18.2. The Bertz CT molecular complexity index is 1090. The fourth-order valence-corrected chi connectivity index (χ4v) is 2.74. The molecule has 9 nitrogen and oxygen atoms in total. The minimum Gasteiger partial charge on any atom is -0.361 e. The van der Waals surface area contributed by atoms with Crippen LogP contribution in [0.4, 0.5) is 5.69 Å². The summed E-state index contributed by atoms with van der Waals surface area (Å²) in [6, 6.07) is 11.9. The Kier molecular flexibility index (Phi) is 5.45. The van der Waals surface area contributed by atoms with E-state index in [2.05, 4.69) is 20.8 Å². The summed E-state index contributed by atoms with van der Waals surface area (Å²) in [5.74, 6) is -1.09. The third-order valence-electron chi connectivity index (χ3n) is 4.17. The van der Waals surface area contributed by atoms with Crippen LogP contribution < -0.4 is 10.7 Å². The number of fused-ring (bicyclic) bond motifs is 1. The van der Waals surface area contributed by atoms with Crippen molar-refractivity contribution in [3.8, 4) is 0 Å². The van der Waals surface area contributed by atoms with Crippen molar-refractivity contribution in [1.29, 1.82) is 0 Å². The minimum absolute atomic E-state index is 0.143. The van der Waals surface area contributed by atoms with Crippen molar-refractivity contribution in [1.82, 2.24) is 15.7 Å². The van der Waals surface area contributed by atoms with E-state index in [1.165, 1.54) is 31.3 Å². The minimum atomic E-state index is -0.572. The van der Waals surface area contributed by atoms with Gasteiger partial charge in [0.1, 0.15) is 0 Å². The summed E-state index contributed by atoms with van der Waals surface area (Å²) < 4.78 is 0. The maximum absolute atomic E-state index is 12.2. The Hall–Kier alpha value is -4.01. The zero-order valence-corrected chi connectivity index (χ0v) is 14.9. The fraction of sp³-hybridized carbons (Fsp3) is 0.105. The predicted octanol–water partition coefficient (Wildman–Crippen LogP) is 2.26. The van der Waals surface area contributed by atoms with E-state index in [1.807, 2.05) is 24.3 Å². The number of amides is 2. The molecule has 3 N–H and O–H groups in total. The summed E-state index contributed by atoms with van der Waals surface area (Å²) in [4.78, 5) is 37.6. The number of hydrogen-bond acceptors (Lipinski definition) is 5. The second-order valence-corrected chi connectivity index (χ2v) is 5.97. The van der Waals surface area contributed by atoms with E-state index < -0.39 is 16.7 Å². The van der Waals surface area contributed by atoms with Crippen molar-refractivity contribution in [3.05, 3.63) is 75.5 Å². The van der Waals surface area contributed by atoms with Crippen molar-refractivity contribution in [2.75, 3.05) is 6.54 Å². The molecule has 0 fully saturated rings. The third kappa shape index (κ3) is 4.04. The molecule has 0 aliphatic carbocycles. The Morgan fingerprint density at radius 2 is 2.00 bits per heavy atom. The lowest BCUT2D eigenvalue weighted by molar-refractivity contribution is -0.385. The normalized spacial score (nSPS) is 10.9. The van der Waals surface area contributed by atoms with Crippen molar-refractivity contribution < 1.29 is 14.5 Å². The van der Waals surface area contributed by atoms with Gasteiger partial charge in [0.25, 0.3) is 17.5 Å². The number of hydrogen-bond donors (Lipinski definition) is 3. The van der Waals surface area contributed by atoms with Gasteiger partial charge in [0, 0.05) is 39.9 Å². The molecule has 1 heterocycles. The van der Waals surface area contributed by atoms with Gasteiger partial charge in [-0.25, -0.2) is 5.43 Å². The Balaban J connectivity index is 1.56. The van der Waals surface area contributed by atoms with Gasteiger partial charge in [0.05, 0.1) is 17.7 Å². The predicted molar refractivity (Wildman–Crippen MR) is 104 cm³/mol. The molecule has 0 saturated carbocycles. The smallest absolute Gasteiger partial charge is 0.273 e. The average Bonchev–Trinajstić information content (AvgIpc) is 3.09. The molecule has 3 rings (SSSR count). The van der Waals surface area contributed by atoms with Crippen LogP contribution in [0, 0.1) is 17.0 Å².